The Hall–Kier alpha value is -0.860. The maximum atomic E-state index is 6.44. The largest absolute Gasteiger partial charge is 0.321 e. The molecule has 1 aromatic rings. The fraction of sp³-hybridized carbons (Fsp3) is 0.600. The van der Waals surface area contributed by atoms with E-state index in [2.05, 4.69) is 43.3 Å². The Morgan fingerprint density at radius 3 is 2.24 bits per heavy atom. The summed E-state index contributed by atoms with van der Waals surface area (Å²) < 4.78 is 0. The third-order valence-corrected chi connectivity index (χ3v) is 3.87. The van der Waals surface area contributed by atoms with Crippen molar-refractivity contribution in [1.82, 2.24) is 4.90 Å². The van der Waals surface area contributed by atoms with Crippen LogP contribution >= 0.6 is 0 Å². The Bertz CT molecular complexity index is 348. The summed E-state index contributed by atoms with van der Waals surface area (Å²) >= 11 is 0. The highest BCUT2D eigenvalue weighted by Gasteiger charge is 2.30. The van der Waals surface area contributed by atoms with Gasteiger partial charge in [-0.05, 0) is 44.5 Å². The average Bonchev–Trinajstić information content (AvgIpc) is 2.75. The zero-order valence-electron chi connectivity index (χ0n) is 11.1. The van der Waals surface area contributed by atoms with Crippen LogP contribution in [0.2, 0.25) is 0 Å². The van der Waals surface area contributed by atoms with Crippen molar-refractivity contribution in [2.75, 3.05) is 20.6 Å². The lowest BCUT2D eigenvalue weighted by Crippen LogP contribution is -2.32. The van der Waals surface area contributed by atoms with E-state index in [-0.39, 0.29) is 5.54 Å². The lowest BCUT2D eigenvalue weighted by Gasteiger charge is -2.24. The summed E-state index contributed by atoms with van der Waals surface area (Å²) in [5.41, 5.74) is 9.13. The molecule has 0 unspecified atom stereocenters. The van der Waals surface area contributed by atoms with Crippen molar-refractivity contribution in [3.8, 4) is 0 Å². The smallest absolute Gasteiger partial charge is 0.0409 e. The van der Waals surface area contributed by atoms with E-state index in [4.69, 9.17) is 5.73 Å². The lowest BCUT2D eigenvalue weighted by atomic mass is 9.89. The van der Waals surface area contributed by atoms with Gasteiger partial charge in [0.1, 0.15) is 0 Å². The van der Waals surface area contributed by atoms with Crippen LogP contribution in [0.5, 0.6) is 0 Å². The molecule has 0 bridgehead atoms. The van der Waals surface area contributed by atoms with Gasteiger partial charge in [0.05, 0.1) is 0 Å². The number of benzene rings is 1. The molecule has 2 nitrogen and oxygen atoms in total. The number of nitrogens with two attached hydrogens (primary N) is 1. The summed E-state index contributed by atoms with van der Waals surface area (Å²) in [5, 5.41) is 0. The van der Waals surface area contributed by atoms with Crippen molar-refractivity contribution >= 4 is 0 Å². The summed E-state index contributed by atoms with van der Waals surface area (Å²) in [7, 11) is 4.23. The number of nitrogens with zero attached hydrogens (tertiary/aromatic N) is 1. The molecular weight excluding hydrogens is 208 g/mol. The first-order valence-corrected chi connectivity index (χ1v) is 6.63. The predicted octanol–water partition coefficient (Wildman–Crippen LogP) is 2.52. The molecular formula is C15H24N2. The van der Waals surface area contributed by atoms with E-state index in [1.54, 1.807) is 0 Å². The minimum atomic E-state index is -0.0416. The molecule has 0 amide bonds. The second-order valence-electron chi connectivity index (χ2n) is 5.61. The van der Waals surface area contributed by atoms with Gasteiger partial charge in [-0.3, -0.25) is 0 Å². The molecule has 1 fully saturated rings. The van der Waals surface area contributed by atoms with Crippen LogP contribution in [-0.2, 0) is 12.0 Å². The number of likely N-dealkylation sites (N-methyl/N-ethyl adjacent to an activating group) is 1. The van der Waals surface area contributed by atoms with Gasteiger partial charge in [-0.2, -0.15) is 0 Å². The molecule has 0 heterocycles. The first-order chi connectivity index (χ1) is 8.10. The normalized spacial score (nSPS) is 18.8. The van der Waals surface area contributed by atoms with Gasteiger partial charge >= 0.3 is 0 Å². The number of hydrogen-bond donors (Lipinski definition) is 1. The summed E-state index contributed by atoms with van der Waals surface area (Å²) in [6, 6.07) is 8.95. The number of rotatable bonds is 4. The van der Waals surface area contributed by atoms with Gasteiger partial charge in [0.2, 0.25) is 0 Å². The Balaban J connectivity index is 2.02. The summed E-state index contributed by atoms with van der Waals surface area (Å²) in [6.45, 7) is 1.10. The van der Waals surface area contributed by atoms with Gasteiger partial charge in [-0.25, -0.2) is 0 Å². The standard InChI is InChI=1S/C15H24N2/c1-17(2)12-9-13-5-7-14(8-6-13)15(16)10-3-4-11-15/h5-8H,3-4,9-12,16H2,1-2H3. The van der Waals surface area contributed by atoms with Crippen LogP contribution in [0.15, 0.2) is 24.3 Å². The van der Waals surface area contributed by atoms with E-state index in [0.29, 0.717) is 0 Å². The van der Waals surface area contributed by atoms with E-state index in [1.165, 1.54) is 24.0 Å². The van der Waals surface area contributed by atoms with Crippen molar-refractivity contribution in [2.45, 2.75) is 37.6 Å². The van der Waals surface area contributed by atoms with Gasteiger partial charge in [-0.1, -0.05) is 37.1 Å². The molecule has 17 heavy (non-hydrogen) atoms. The zero-order chi connectivity index (χ0) is 12.3. The van der Waals surface area contributed by atoms with Gasteiger partial charge in [-0.15, -0.1) is 0 Å². The fourth-order valence-corrected chi connectivity index (χ4v) is 2.65. The highest BCUT2D eigenvalue weighted by Crippen LogP contribution is 2.36. The minimum Gasteiger partial charge on any atom is -0.321 e. The Kier molecular flexibility index (Phi) is 3.85. The predicted molar refractivity (Wildman–Crippen MR) is 73.0 cm³/mol. The monoisotopic (exact) mass is 232 g/mol. The maximum Gasteiger partial charge on any atom is 0.0409 e. The van der Waals surface area contributed by atoms with Crippen molar-refractivity contribution in [3.05, 3.63) is 35.4 Å². The molecule has 0 aromatic heterocycles. The third-order valence-electron chi connectivity index (χ3n) is 3.87. The molecule has 1 aromatic carbocycles. The van der Waals surface area contributed by atoms with E-state index in [9.17, 15) is 0 Å². The van der Waals surface area contributed by atoms with Crippen molar-refractivity contribution in [2.24, 2.45) is 5.73 Å². The highest BCUT2D eigenvalue weighted by atomic mass is 15.0. The van der Waals surface area contributed by atoms with Crippen LogP contribution in [0, 0.1) is 0 Å². The van der Waals surface area contributed by atoms with Gasteiger partial charge < -0.3 is 10.6 Å². The maximum absolute atomic E-state index is 6.44. The van der Waals surface area contributed by atoms with E-state index in [1.807, 2.05) is 0 Å². The van der Waals surface area contributed by atoms with Crippen LogP contribution in [0.3, 0.4) is 0 Å². The molecule has 2 heteroatoms. The Morgan fingerprint density at radius 2 is 1.71 bits per heavy atom. The van der Waals surface area contributed by atoms with Crippen LogP contribution in [0.25, 0.3) is 0 Å². The fourth-order valence-electron chi connectivity index (χ4n) is 2.65. The van der Waals surface area contributed by atoms with E-state index in [0.717, 1.165) is 25.8 Å². The van der Waals surface area contributed by atoms with Crippen LogP contribution < -0.4 is 5.73 Å². The lowest BCUT2D eigenvalue weighted by molar-refractivity contribution is 0.413. The molecule has 0 atom stereocenters. The quantitative estimate of drug-likeness (QED) is 0.864. The Morgan fingerprint density at radius 1 is 1.12 bits per heavy atom. The molecule has 2 N–H and O–H groups in total. The van der Waals surface area contributed by atoms with Crippen LogP contribution in [0.1, 0.15) is 36.8 Å². The topological polar surface area (TPSA) is 29.3 Å². The Labute approximate surface area is 105 Å². The van der Waals surface area contributed by atoms with Gasteiger partial charge in [0.25, 0.3) is 0 Å². The zero-order valence-corrected chi connectivity index (χ0v) is 11.1. The first-order valence-electron chi connectivity index (χ1n) is 6.63. The third kappa shape index (κ3) is 3.08. The second-order valence-corrected chi connectivity index (χ2v) is 5.61. The molecule has 1 saturated carbocycles. The highest BCUT2D eigenvalue weighted by molar-refractivity contribution is 5.29. The summed E-state index contributed by atoms with van der Waals surface area (Å²) in [4.78, 5) is 2.22. The van der Waals surface area contributed by atoms with Crippen LogP contribution in [0.4, 0.5) is 0 Å². The van der Waals surface area contributed by atoms with Crippen molar-refractivity contribution in [1.29, 1.82) is 0 Å². The van der Waals surface area contributed by atoms with Crippen molar-refractivity contribution in [3.63, 3.8) is 0 Å². The molecule has 94 valence electrons. The molecule has 1 aliphatic carbocycles. The molecule has 0 saturated heterocycles. The van der Waals surface area contributed by atoms with E-state index >= 15 is 0 Å². The molecule has 0 radical (unpaired) electrons. The second kappa shape index (κ2) is 5.19. The first kappa shape index (κ1) is 12.6. The molecule has 0 aliphatic heterocycles. The summed E-state index contributed by atoms with van der Waals surface area (Å²) in [6.07, 6.45) is 5.96. The minimum absolute atomic E-state index is 0.0416. The van der Waals surface area contributed by atoms with Gasteiger partial charge in [0.15, 0.2) is 0 Å². The van der Waals surface area contributed by atoms with Gasteiger partial charge in [0, 0.05) is 12.1 Å². The summed E-state index contributed by atoms with van der Waals surface area (Å²) in [5.74, 6) is 0. The molecule has 0 spiro atoms. The SMILES string of the molecule is CN(C)CCc1ccc(C2(N)CCCC2)cc1. The number of hydrogen-bond acceptors (Lipinski definition) is 2. The molecule has 1 aliphatic rings. The molecule has 2 rings (SSSR count). The van der Waals surface area contributed by atoms with Crippen LogP contribution in [-0.4, -0.2) is 25.5 Å². The average molecular weight is 232 g/mol. The van der Waals surface area contributed by atoms with Crippen molar-refractivity contribution < 1.29 is 0 Å². The van der Waals surface area contributed by atoms with E-state index < -0.39 is 0 Å².